The maximum absolute atomic E-state index is 12.1. The Morgan fingerprint density at radius 1 is 1.10 bits per heavy atom. The Morgan fingerprint density at radius 2 is 1.81 bits per heavy atom. The SMILES string of the molecule is O=C(CC1(C(=O)O)CCCCCC1)NCC1CCCCO1. The third kappa shape index (κ3) is 4.70. The maximum atomic E-state index is 12.1. The number of carbonyl (C=O) groups is 2. The smallest absolute Gasteiger partial charge is 0.310 e. The van der Waals surface area contributed by atoms with Gasteiger partial charge in [-0.3, -0.25) is 9.59 Å². The zero-order valence-electron chi connectivity index (χ0n) is 12.7. The molecule has 2 fully saturated rings. The van der Waals surface area contributed by atoms with Crippen molar-refractivity contribution >= 4 is 11.9 Å². The lowest BCUT2D eigenvalue weighted by molar-refractivity contribution is -0.153. The van der Waals surface area contributed by atoms with Crippen molar-refractivity contribution < 1.29 is 19.4 Å². The van der Waals surface area contributed by atoms with Gasteiger partial charge in [0.25, 0.3) is 0 Å². The Bertz CT molecular complexity index is 355. The van der Waals surface area contributed by atoms with Crippen LogP contribution in [0.4, 0.5) is 0 Å². The van der Waals surface area contributed by atoms with Crippen LogP contribution < -0.4 is 5.32 Å². The van der Waals surface area contributed by atoms with Crippen molar-refractivity contribution in [3.8, 4) is 0 Å². The first-order chi connectivity index (χ1) is 10.1. The summed E-state index contributed by atoms with van der Waals surface area (Å²) >= 11 is 0. The van der Waals surface area contributed by atoms with Crippen LogP contribution in [0.2, 0.25) is 0 Å². The number of carbonyl (C=O) groups excluding carboxylic acids is 1. The molecule has 0 spiro atoms. The molecule has 5 heteroatoms. The first-order valence-electron chi connectivity index (χ1n) is 8.24. The van der Waals surface area contributed by atoms with E-state index in [2.05, 4.69) is 5.32 Å². The number of hydrogen-bond acceptors (Lipinski definition) is 3. The quantitative estimate of drug-likeness (QED) is 0.764. The van der Waals surface area contributed by atoms with Crippen LogP contribution in [-0.4, -0.2) is 36.2 Å². The van der Waals surface area contributed by atoms with Crippen LogP contribution in [0.25, 0.3) is 0 Å². The van der Waals surface area contributed by atoms with E-state index in [0.29, 0.717) is 19.4 Å². The molecule has 0 radical (unpaired) electrons. The second kappa shape index (κ2) is 7.78. The molecule has 1 unspecified atom stereocenters. The predicted molar refractivity (Wildman–Crippen MR) is 79.0 cm³/mol. The fourth-order valence-corrected chi connectivity index (χ4v) is 3.44. The summed E-state index contributed by atoms with van der Waals surface area (Å²) in [6.07, 6.45) is 8.62. The summed E-state index contributed by atoms with van der Waals surface area (Å²) in [5.74, 6) is -0.957. The molecule has 1 amide bonds. The van der Waals surface area contributed by atoms with Crippen molar-refractivity contribution in [3.05, 3.63) is 0 Å². The van der Waals surface area contributed by atoms with Crippen molar-refractivity contribution in [1.29, 1.82) is 0 Å². The van der Waals surface area contributed by atoms with Gasteiger partial charge in [-0.1, -0.05) is 25.7 Å². The summed E-state index contributed by atoms with van der Waals surface area (Å²) in [7, 11) is 0. The van der Waals surface area contributed by atoms with Gasteiger partial charge < -0.3 is 15.2 Å². The molecular formula is C16H27NO4. The van der Waals surface area contributed by atoms with Gasteiger partial charge in [-0.25, -0.2) is 0 Å². The Labute approximate surface area is 126 Å². The van der Waals surface area contributed by atoms with Gasteiger partial charge in [-0.05, 0) is 32.1 Å². The monoisotopic (exact) mass is 297 g/mol. The predicted octanol–water partition coefficient (Wildman–Crippen LogP) is 2.49. The van der Waals surface area contributed by atoms with E-state index in [0.717, 1.165) is 51.6 Å². The minimum atomic E-state index is -0.853. The molecule has 21 heavy (non-hydrogen) atoms. The molecule has 0 bridgehead atoms. The molecule has 2 aliphatic rings. The van der Waals surface area contributed by atoms with Gasteiger partial charge in [0.05, 0.1) is 11.5 Å². The van der Waals surface area contributed by atoms with E-state index in [1.165, 1.54) is 0 Å². The van der Waals surface area contributed by atoms with Crippen LogP contribution in [-0.2, 0) is 14.3 Å². The Kier molecular flexibility index (Phi) is 6.03. The molecule has 1 saturated heterocycles. The zero-order chi connectivity index (χ0) is 15.1. The number of nitrogens with one attached hydrogen (secondary N) is 1. The fourth-order valence-electron chi connectivity index (χ4n) is 3.44. The largest absolute Gasteiger partial charge is 0.481 e. The van der Waals surface area contributed by atoms with E-state index in [1.54, 1.807) is 0 Å². The Balaban J connectivity index is 1.84. The lowest BCUT2D eigenvalue weighted by atomic mass is 9.77. The number of carboxylic acids is 1. The zero-order valence-corrected chi connectivity index (χ0v) is 12.7. The number of aliphatic carboxylic acids is 1. The molecule has 0 aromatic heterocycles. The van der Waals surface area contributed by atoms with Gasteiger partial charge in [-0.15, -0.1) is 0 Å². The highest BCUT2D eigenvalue weighted by Gasteiger charge is 2.40. The van der Waals surface area contributed by atoms with Gasteiger partial charge in [0, 0.05) is 19.6 Å². The third-order valence-electron chi connectivity index (χ3n) is 4.81. The number of ether oxygens (including phenoxy) is 1. The van der Waals surface area contributed by atoms with Crippen molar-refractivity contribution in [1.82, 2.24) is 5.32 Å². The average Bonchev–Trinajstić information content (AvgIpc) is 2.73. The number of carboxylic acid groups (broad SMARTS) is 1. The third-order valence-corrected chi connectivity index (χ3v) is 4.81. The minimum absolute atomic E-state index is 0.0950. The molecule has 2 N–H and O–H groups in total. The van der Waals surface area contributed by atoms with E-state index in [9.17, 15) is 14.7 Å². The number of rotatable bonds is 5. The number of hydrogen-bond donors (Lipinski definition) is 2. The minimum Gasteiger partial charge on any atom is -0.481 e. The van der Waals surface area contributed by atoms with E-state index in [4.69, 9.17) is 4.74 Å². The average molecular weight is 297 g/mol. The second-order valence-electron chi connectivity index (χ2n) is 6.47. The van der Waals surface area contributed by atoms with E-state index in [-0.39, 0.29) is 18.4 Å². The maximum Gasteiger partial charge on any atom is 0.310 e. The van der Waals surface area contributed by atoms with Crippen LogP contribution >= 0.6 is 0 Å². The molecule has 1 aliphatic heterocycles. The molecule has 1 aliphatic carbocycles. The molecular weight excluding hydrogens is 270 g/mol. The molecule has 5 nitrogen and oxygen atoms in total. The summed E-state index contributed by atoms with van der Waals surface area (Å²) in [6.45, 7) is 1.27. The van der Waals surface area contributed by atoms with Gasteiger partial charge in [0.15, 0.2) is 0 Å². The Hall–Kier alpha value is -1.10. The second-order valence-corrected chi connectivity index (χ2v) is 6.47. The number of amides is 1. The fraction of sp³-hybridized carbons (Fsp3) is 0.875. The van der Waals surface area contributed by atoms with E-state index in [1.807, 2.05) is 0 Å². The van der Waals surface area contributed by atoms with Crippen LogP contribution in [0.15, 0.2) is 0 Å². The summed E-state index contributed by atoms with van der Waals surface area (Å²) < 4.78 is 5.58. The summed E-state index contributed by atoms with van der Waals surface area (Å²) in [5, 5.41) is 12.4. The van der Waals surface area contributed by atoms with Crippen molar-refractivity contribution in [2.75, 3.05) is 13.2 Å². The Morgan fingerprint density at radius 3 is 2.38 bits per heavy atom. The van der Waals surface area contributed by atoms with Gasteiger partial charge in [0.1, 0.15) is 0 Å². The van der Waals surface area contributed by atoms with Crippen molar-refractivity contribution in [2.45, 2.75) is 70.3 Å². The first kappa shape index (κ1) is 16.3. The highest BCUT2D eigenvalue weighted by atomic mass is 16.5. The van der Waals surface area contributed by atoms with E-state index >= 15 is 0 Å². The molecule has 0 aromatic carbocycles. The van der Waals surface area contributed by atoms with Gasteiger partial charge >= 0.3 is 5.97 Å². The summed E-state index contributed by atoms with van der Waals surface area (Å²) in [4.78, 5) is 23.8. The van der Waals surface area contributed by atoms with Crippen molar-refractivity contribution in [3.63, 3.8) is 0 Å². The topological polar surface area (TPSA) is 75.6 Å². The van der Waals surface area contributed by atoms with Crippen LogP contribution in [0.3, 0.4) is 0 Å². The van der Waals surface area contributed by atoms with Crippen molar-refractivity contribution in [2.24, 2.45) is 5.41 Å². The normalized spacial score (nSPS) is 25.8. The lowest BCUT2D eigenvalue weighted by Crippen LogP contribution is -2.40. The van der Waals surface area contributed by atoms with Crippen LogP contribution in [0.1, 0.15) is 64.2 Å². The van der Waals surface area contributed by atoms with E-state index < -0.39 is 11.4 Å². The van der Waals surface area contributed by atoms with Gasteiger partial charge in [-0.2, -0.15) is 0 Å². The molecule has 120 valence electrons. The van der Waals surface area contributed by atoms with Gasteiger partial charge in [0.2, 0.25) is 5.91 Å². The highest BCUT2D eigenvalue weighted by Crippen LogP contribution is 2.38. The molecule has 2 rings (SSSR count). The lowest BCUT2D eigenvalue weighted by Gasteiger charge is -2.28. The molecule has 0 aromatic rings. The van der Waals surface area contributed by atoms with Crippen LogP contribution in [0.5, 0.6) is 0 Å². The van der Waals surface area contributed by atoms with Crippen LogP contribution in [0, 0.1) is 5.41 Å². The molecule has 1 saturated carbocycles. The highest BCUT2D eigenvalue weighted by molar-refractivity contribution is 5.85. The molecule has 1 atom stereocenters. The summed E-state index contributed by atoms with van der Waals surface area (Å²) in [5.41, 5.74) is -0.853. The molecule has 1 heterocycles. The standard InChI is InChI=1S/C16H27NO4/c18-14(17-12-13-7-3-6-10-21-13)11-16(15(19)20)8-4-1-2-5-9-16/h13H,1-12H2,(H,17,18)(H,19,20). The first-order valence-corrected chi connectivity index (χ1v) is 8.24. The summed E-state index contributed by atoms with van der Waals surface area (Å²) in [6, 6.07) is 0.